The van der Waals surface area contributed by atoms with E-state index in [0.717, 1.165) is 19.4 Å². The molecule has 0 rings (SSSR count). The van der Waals surface area contributed by atoms with E-state index in [4.69, 9.17) is 10.5 Å². The first-order chi connectivity index (χ1) is 8.06. The summed E-state index contributed by atoms with van der Waals surface area (Å²) in [5.41, 5.74) is 5.53. The van der Waals surface area contributed by atoms with Gasteiger partial charge in [0.05, 0.1) is 13.2 Å². The van der Waals surface area contributed by atoms with Crippen molar-refractivity contribution in [2.75, 3.05) is 47.4 Å². The van der Waals surface area contributed by atoms with Crippen molar-refractivity contribution in [1.29, 1.82) is 0 Å². The Morgan fingerprint density at radius 3 is 2.47 bits per heavy atom. The predicted octanol–water partition coefficient (Wildman–Crippen LogP) is 0.150. The van der Waals surface area contributed by atoms with Crippen molar-refractivity contribution in [2.24, 2.45) is 5.73 Å². The average molecular weight is 245 g/mol. The molecule has 0 saturated carbocycles. The van der Waals surface area contributed by atoms with Gasteiger partial charge in [-0.15, -0.1) is 0 Å². The maximum Gasteiger partial charge on any atom is 0.236 e. The van der Waals surface area contributed by atoms with Gasteiger partial charge in [-0.25, -0.2) is 0 Å². The molecule has 5 nitrogen and oxygen atoms in total. The second-order valence-corrected chi connectivity index (χ2v) is 4.39. The summed E-state index contributed by atoms with van der Waals surface area (Å²) in [7, 11) is 5.25. The average Bonchev–Trinajstić information content (AvgIpc) is 2.31. The van der Waals surface area contributed by atoms with Crippen molar-refractivity contribution in [2.45, 2.75) is 25.8 Å². The highest BCUT2D eigenvalue weighted by atomic mass is 16.5. The second kappa shape index (κ2) is 9.39. The maximum absolute atomic E-state index is 11.7. The highest BCUT2D eigenvalue weighted by Gasteiger charge is 2.19. The van der Waals surface area contributed by atoms with Crippen LogP contribution >= 0.6 is 0 Å². The molecule has 0 aromatic rings. The summed E-state index contributed by atoms with van der Waals surface area (Å²) in [5, 5.41) is 0. The molecule has 1 unspecified atom stereocenters. The topological polar surface area (TPSA) is 58.8 Å². The van der Waals surface area contributed by atoms with Crippen LogP contribution in [0.4, 0.5) is 0 Å². The largest absolute Gasteiger partial charge is 0.383 e. The lowest BCUT2D eigenvalue weighted by molar-refractivity contribution is -0.130. The van der Waals surface area contributed by atoms with E-state index in [1.807, 2.05) is 0 Å². The van der Waals surface area contributed by atoms with Crippen LogP contribution in [0.1, 0.15) is 19.8 Å². The number of hydrogen-bond donors (Lipinski definition) is 1. The summed E-state index contributed by atoms with van der Waals surface area (Å²) in [5.74, 6) is 0.126. The summed E-state index contributed by atoms with van der Waals surface area (Å²) in [4.78, 5) is 15.5. The Morgan fingerprint density at radius 1 is 1.41 bits per heavy atom. The molecule has 0 fully saturated rings. The van der Waals surface area contributed by atoms with Crippen LogP contribution in [0.3, 0.4) is 0 Å². The van der Waals surface area contributed by atoms with Gasteiger partial charge in [0.2, 0.25) is 5.91 Å². The fraction of sp³-hybridized carbons (Fsp3) is 0.917. The van der Waals surface area contributed by atoms with Crippen molar-refractivity contribution >= 4 is 5.91 Å². The van der Waals surface area contributed by atoms with Crippen molar-refractivity contribution in [3.8, 4) is 0 Å². The Labute approximate surface area is 105 Å². The number of carbonyl (C=O) groups is 1. The van der Waals surface area contributed by atoms with Crippen molar-refractivity contribution in [3.05, 3.63) is 0 Å². The molecule has 0 aromatic heterocycles. The van der Waals surface area contributed by atoms with E-state index < -0.39 is 0 Å². The minimum absolute atomic E-state index is 0.126. The standard InChI is InChI=1S/C12H27N3O2/c1-5-15(9-12(16)14(2)3)11(10-17-4)7-6-8-13/h11H,5-10,13H2,1-4H3. The number of nitrogens with zero attached hydrogens (tertiary/aromatic N) is 2. The van der Waals surface area contributed by atoms with Crippen molar-refractivity contribution in [1.82, 2.24) is 9.80 Å². The van der Waals surface area contributed by atoms with E-state index in [1.54, 1.807) is 26.1 Å². The van der Waals surface area contributed by atoms with Gasteiger partial charge in [-0.3, -0.25) is 9.69 Å². The minimum Gasteiger partial charge on any atom is -0.383 e. The first-order valence-corrected chi connectivity index (χ1v) is 6.20. The van der Waals surface area contributed by atoms with Gasteiger partial charge in [-0.1, -0.05) is 6.92 Å². The first kappa shape index (κ1) is 16.4. The molecule has 2 N–H and O–H groups in total. The summed E-state index contributed by atoms with van der Waals surface area (Å²) < 4.78 is 5.22. The van der Waals surface area contributed by atoms with E-state index in [1.165, 1.54) is 0 Å². The molecule has 0 radical (unpaired) electrons. The zero-order chi connectivity index (χ0) is 13.3. The fourth-order valence-electron chi connectivity index (χ4n) is 1.73. The van der Waals surface area contributed by atoms with Gasteiger partial charge in [0, 0.05) is 27.2 Å². The zero-order valence-electron chi connectivity index (χ0n) is 11.6. The molecule has 1 atom stereocenters. The van der Waals surface area contributed by atoms with Gasteiger partial charge in [0.25, 0.3) is 0 Å². The number of carbonyl (C=O) groups excluding carboxylic acids is 1. The van der Waals surface area contributed by atoms with E-state index in [-0.39, 0.29) is 11.9 Å². The molecular weight excluding hydrogens is 218 g/mol. The van der Waals surface area contributed by atoms with Gasteiger partial charge in [-0.05, 0) is 25.9 Å². The molecule has 0 aromatic carbocycles. The Hall–Kier alpha value is -0.650. The lowest BCUT2D eigenvalue weighted by Gasteiger charge is -2.30. The quantitative estimate of drug-likeness (QED) is 0.628. The van der Waals surface area contributed by atoms with Crippen LogP contribution in [-0.4, -0.2) is 69.2 Å². The Balaban J connectivity index is 4.37. The molecule has 0 saturated heterocycles. The molecule has 0 spiro atoms. The van der Waals surface area contributed by atoms with Crippen LogP contribution in [0.2, 0.25) is 0 Å². The Kier molecular flexibility index (Phi) is 9.03. The maximum atomic E-state index is 11.7. The van der Waals surface area contributed by atoms with Crippen molar-refractivity contribution in [3.63, 3.8) is 0 Å². The molecule has 1 amide bonds. The van der Waals surface area contributed by atoms with E-state index in [9.17, 15) is 4.79 Å². The number of methoxy groups -OCH3 is 1. The van der Waals surface area contributed by atoms with Crippen LogP contribution in [0.5, 0.6) is 0 Å². The molecule has 0 aliphatic heterocycles. The SMILES string of the molecule is CCN(CC(=O)N(C)C)C(CCCN)COC. The first-order valence-electron chi connectivity index (χ1n) is 6.20. The fourth-order valence-corrected chi connectivity index (χ4v) is 1.73. The lowest BCUT2D eigenvalue weighted by atomic mass is 10.1. The van der Waals surface area contributed by atoms with Gasteiger partial charge in [0.15, 0.2) is 0 Å². The third-order valence-corrected chi connectivity index (χ3v) is 2.86. The predicted molar refractivity (Wildman–Crippen MR) is 69.9 cm³/mol. The summed E-state index contributed by atoms with van der Waals surface area (Å²) in [6, 6.07) is 0.275. The van der Waals surface area contributed by atoms with Gasteiger partial charge >= 0.3 is 0 Å². The monoisotopic (exact) mass is 245 g/mol. The smallest absolute Gasteiger partial charge is 0.236 e. The number of hydrogen-bond acceptors (Lipinski definition) is 4. The van der Waals surface area contributed by atoms with Crippen molar-refractivity contribution < 1.29 is 9.53 Å². The lowest BCUT2D eigenvalue weighted by Crippen LogP contribution is -2.44. The minimum atomic E-state index is 0.126. The van der Waals surface area contributed by atoms with E-state index >= 15 is 0 Å². The highest BCUT2D eigenvalue weighted by Crippen LogP contribution is 2.07. The molecule has 17 heavy (non-hydrogen) atoms. The number of rotatable bonds is 9. The van der Waals surface area contributed by atoms with Crippen LogP contribution in [0.15, 0.2) is 0 Å². The number of ether oxygens (including phenoxy) is 1. The van der Waals surface area contributed by atoms with Crippen LogP contribution in [-0.2, 0) is 9.53 Å². The van der Waals surface area contributed by atoms with Crippen LogP contribution in [0.25, 0.3) is 0 Å². The number of nitrogens with two attached hydrogens (primary N) is 1. The summed E-state index contributed by atoms with van der Waals surface area (Å²) >= 11 is 0. The summed E-state index contributed by atoms with van der Waals surface area (Å²) in [6.45, 7) is 4.68. The highest BCUT2D eigenvalue weighted by molar-refractivity contribution is 5.77. The molecule has 0 heterocycles. The van der Waals surface area contributed by atoms with Crippen LogP contribution in [0, 0.1) is 0 Å². The third kappa shape index (κ3) is 6.61. The Bertz CT molecular complexity index is 210. The van der Waals surface area contributed by atoms with Crippen LogP contribution < -0.4 is 5.73 Å². The Morgan fingerprint density at radius 2 is 2.06 bits per heavy atom. The van der Waals surface area contributed by atoms with Gasteiger partial charge in [-0.2, -0.15) is 0 Å². The van der Waals surface area contributed by atoms with Gasteiger partial charge in [0.1, 0.15) is 0 Å². The normalized spacial score (nSPS) is 12.8. The molecule has 0 aliphatic carbocycles. The number of likely N-dealkylation sites (N-methyl/N-ethyl adjacent to an activating group) is 2. The molecule has 5 heteroatoms. The van der Waals surface area contributed by atoms with Gasteiger partial charge < -0.3 is 15.4 Å². The van der Waals surface area contributed by atoms with E-state index in [0.29, 0.717) is 19.7 Å². The summed E-state index contributed by atoms with van der Waals surface area (Å²) in [6.07, 6.45) is 1.93. The van der Waals surface area contributed by atoms with E-state index in [2.05, 4.69) is 11.8 Å². The molecule has 102 valence electrons. The molecule has 0 aliphatic rings. The second-order valence-electron chi connectivity index (χ2n) is 4.39. The zero-order valence-corrected chi connectivity index (χ0v) is 11.6. The third-order valence-electron chi connectivity index (χ3n) is 2.86. The molecular formula is C12H27N3O2. The number of amides is 1. The molecule has 0 bridgehead atoms.